The molecule has 1 amide bonds. The minimum absolute atomic E-state index is 0.0417. The van der Waals surface area contributed by atoms with E-state index < -0.39 is 0 Å². The Morgan fingerprint density at radius 3 is 2.44 bits per heavy atom. The molecule has 0 spiro atoms. The Kier molecular flexibility index (Phi) is 5.56. The summed E-state index contributed by atoms with van der Waals surface area (Å²) in [7, 11) is 1.75. The second-order valence-corrected chi connectivity index (χ2v) is 5.09. The van der Waals surface area contributed by atoms with Crippen LogP contribution in [0.2, 0.25) is 5.02 Å². The van der Waals surface area contributed by atoms with Gasteiger partial charge in [0.05, 0.1) is 10.9 Å². The second kappa shape index (κ2) is 6.71. The fourth-order valence-corrected chi connectivity index (χ4v) is 2.10. The third-order valence-corrected chi connectivity index (χ3v) is 3.30. The molecule has 0 aliphatic heterocycles. The zero-order chi connectivity index (χ0) is 13.7. The van der Waals surface area contributed by atoms with Crippen molar-refractivity contribution < 1.29 is 4.79 Å². The molecule has 0 aromatic heterocycles. The maximum absolute atomic E-state index is 12.1. The van der Waals surface area contributed by atoms with Crippen LogP contribution in [0.4, 0.5) is 0 Å². The van der Waals surface area contributed by atoms with E-state index in [0.29, 0.717) is 18.0 Å². The van der Waals surface area contributed by atoms with E-state index in [1.165, 1.54) is 0 Å². The van der Waals surface area contributed by atoms with Gasteiger partial charge in [0.15, 0.2) is 0 Å². The number of carbonyl (C=O) groups is 1. The molecule has 0 saturated heterocycles. The number of rotatable bonds is 5. The van der Waals surface area contributed by atoms with Crippen molar-refractivity contribution in [2.24, 2.45) is 11.7 Å². The van der Waals surface area contributed by atoms with E-state index in [1.54, 1.807) is 24.1 Å². The summed E-state index contributed by atoms with van der Waals surface area (Å²) < 4.78 is 0. The van der Waals surface area contributed by atoms with E-state index in [1.807, 2.05) is 19.1 Å². The van der Waals surface area contributed by atoms with E-state index in [9.17, 15) is 4.79 Å². The minimum atomic E-state index is -0.377. The summed E-state index contributed by atoms with van der Waals surface area (Å²) in [5.74, 6) is -0.419. The first-order valence-corrected chi connectivity index (χ1v) is 6.53. The van der Waals surface area contributed by atoms with Crippen LogP contribution in [-0.2, 0) is 11.3 Å². The molecule has 0 saturated carbocycles. The highest BCUT2D eigenvalue weighted by Crippen LogP contribution is 2.13. The van der Waals surface area contributed by atoms with Gasteiger partial charge in [0, 0.05) is 18.6 Å². The maximum Gasteiger partial charge on any atom is 0.232 e. The van der Waals surface area contributed by atoms with Gasteiger partial charge in [-0.1, -0.05) is 42.9 Å². The molecule has 0 aliphatic carbocycles. The van der Waals surface area contributed by atoms with Crippen molar-refractivity contribution in [2.75, 3.05) is 7.05 Å². The molecule has 1 aromatic carbocycles. The molecule has 0 heterocycles. The topological polar surface area (TPSA) is 46.3 Å². The molecule has 5 heteroatoms. The Morgan fingerprint density at radius 2 is 2.00 bits per heavy atom. The molecule has 98 valence electrons. The first-order valence-electron chi connectivity index (χ1n) is 5.74. The van der Waals surface area contributed by atoms with Gasteiger partial charge in [0.1, 0.15) is 0 Å². The van der Waals surface area contributed by atoms with E-state index in [4.69, 9.17) is 29.6 Å². The molecular weight excluding hydrogens is 268 g/mol. The summed E-state index contributed by atoms with van der Waals surface area (Å²) in [5.41, 5.74) is 6.59. The molecule has 2 N–H and O–H groups in total. The number of benzene rings is 1. The van der Waals surface area contributed by atoms with Gasteiger partial charge in [0.25, 0.3) is 0 Å². The molecule has 0 aliphatic rings. The fourth-order valence-electron chi connectivity index (χ4n) is 1.71. The smallest absolute Gasteiger partial charge is 0.232 e. The highest BCUT2D eigenvalue weighted by molar-refractivity contribution is 7.80. The van der Waals surface area contributed by atoms with E-state index in [-0.39, 0.29) is 16.8 Å². The largest absolute Gasteiger partial charge is 0.393 e. The average molecular weight is 285 g/mol. The zero-order valence-corrected chi connectivity index (χ0v) is 12.1. The van der Waals surface area contributed by atoms with Crippen LogP contribution in [0.3, 0.4) is 0 Å². The molecule has 1 aromatic rings. The van der Waals surface area contributed by atoms with Crippen molar-refractivity contribution in [3.05, 3.63) is 34.9 Å². The molecule has 1 atom stereocenters. The Balaban J connectivity index is 2.70. The molecule has 1 unspecified atom stereocenters. The van der Waals surface area contributed by atoms with E-state index in [2.05, 4.69) is 0 Å². The van der Waals surface area contributed by atoms with Crippen molar-refractivity contribution in [1.29, 1.82) is 0 Å². The summed E-state index contributed by atoms with van der Waals surface area (Å²) in [4.78, 5) is 14.0. The molecule has 0 fully saturated rings. The lowest BCUT2D eigenvalue weighted by molar-refractivity contribution is -0.132. The van der Waals surface area contributed by atoms with Gasteiger partial charge in [-0.25, -0.2) is 0 Å². The summed E-state index contributed by atoms with van der Waals surface area (Å²) in [6, 6.07) is 7.40. The number of halogens is 1. The van der Waals surface area contributed by atoms with Crippen molar-refractivity contribution in [2.45, 2.75) is 19.9 Å². The number of hydrogen-bond donors (Lipinski definition) is 1. The third kappa shape index (κ3) is 3.96. The lowest BCUT2D eigenvalue weighted by atomic mass is 10.1. The Morgan fingerprint density at radius 1 is 1.44 bits per heavy atom. The SMILES string of the molecule is CCC(C(=O)N(C)Cc1ccc(Cl)cc1)C(N)=S. The summed E-state index contributed by atoms with van der Waals surface area (Å²) in [6.07, 6.45) is 0.624. The van der Waals surface area contributed by atoms with Crippen LogP contribution in [0.1, 0.15) is 18.9 Å². The predicted molar refractivity (Wildman–Crippen MR) is 78.5 cm³/mol. The van der Waals surface area contributed by atoms with Gasteiger partial charge in [0.2, 0.25) is 5.91 Å². The standard InChI is InChI=1S/C13H17ClN2OS/c1-3-11(12(15)18)13(17)16(2)8-9-4-6-10(14)7-5-9/h4-7,11H,3,8H2,1-2H3,(H2,15,18). The highest BCUT2D eigenvalue weighted by atomic mass is 35.5. The quantitative estimate of drug-likeness (QED) is 0.846. The summed E-state index contributed by atoms with van der Waals surface area (Å²) >= 11 is 10.7. The van der Waals surface area contributed by atoms with Gasteiger partial charge >= 0.3 is 0 Å². The first-order chi connectivity index (χ1) is 8.45. The van der Waals surface area contributed by atoms with Gasteiger partial charge in [-0.3, -0.25) is 4.79 Å². The van der Waals surface area contributed by atoms with E-state index >= 15 is 0 Å². The van der Waals surface area contributed by atoms with Crippen LogP contribution in [-0.4, -0.2) is 22.8 Å². The normalized spacial score (nSPS) is 11.9. The Bertz CT molecular complexity index is 433. The lowest BCUT2D eigenvalue weighted by Gasteiger charge is -2.22. The molecule has 0 bridgehead atoms. The third-order valence-electron chi connectivity index (χ3n) is 2.76. The number of carbonyl (C=O) groups excluding carboxylic acids is 1. The number of thiocarbonyl (C=S) groups is 1. The van der Waals surface area contributed by atoms with Crippen LogP contribution in [0.5, 0.6) is 0 Å². The monoisotopic (exact) mass is 284 g/mol. The molecule has 3 nitrogen and oxygen atoms in total. The van der Waals surface area contributed by atoms with Crippen LogP contribution in [0, 0.1) is 5.92 Å². The van der Waals surface area contributed by atoms with Gasteiger partial charge in [-0.2, -0.15) is 0 Å². The van der Waals surface area contributed by atoms with Gasteiger partial charge in [-0.15, -0.1) is 0 Å². The number of nitrogens with two attached hydrogens (primary N) is 1. The van der Waals surface area contributed by atoms with Gasteiger partial charge in [-0.05, 0) is 24.1 Å². The fraction of sp³-hybridized carbons (Fsp3) is 0.385. The maximum atomic E-state index is 12.1. The van der Waals surface area contributed by atoms with Crippen molar-refractivity contribution in [3.8, 4) is 0 Å². The highest BCUT2D eigenvalue weighted by Gasteiger charge is 2.22. The van der Waals surface area contributed by atoms with Crippen LogP contribution in [0.25, 0.3) is 0 Å². The number of hydrogen-bond acceptors (Lipinski definition) is 2. The van der Waals surface area contributed by atoms with Crippen LogP contribution in [0.15, 0.2) is 24.3 Å². The van der Waals surface area contributed by atoms with E-state index in [0.717, 1.165) is 5.56 Å². The minimum Gasteiger partial charge on any atom is -0.393 e. The first kappa shape index (κ1) is 14.9. The average Bonchev–Trinajstić information content (AvgIpc) is 2.32. The Labute approximate surface area is 118 Å². The zero-order valence-electron chi connectivity index (χ0n) is 10.5. The summed E-state index contributed by atoms with van der Waals surface area (Å²) in [6.45, 7) is 2.42. The number of nitrogens with zero attached hydrogens (tertiary/aromatic N) is 1. The van der Waals surface area contributed by atoms with Crippen molar-refractivity contribution >= 4 is 34.7 Å². The van der Waals surface area contributed by atoms with Gasteiger partial charge < -0.3 is 10.6 Å². The molecule has 1 rings (SSSR count). The van der Waals surface area contributed by atoms with Crippen LogP contribution < -0.4 is 5.73 Å². The predicted octanol–water partition coefficient (Wildman–Crippen LogP) is 2.61. The Hall–Kier alpha value is -1.13. The molecule has 0 radical (unpaired) electrons. The van der Waals surface area contributed by atoms with Crippen molar-refractivity contribution in [3.63, 3.8) is 0 Å². The molecular formula is C13H17ClN2OS. The van der Waals surface area contributed by atoms with Crippen molar-refractivity contribution in [1.82, 2.24) is 4.90 Å². The lowest BCUT2D eigenvalue weighted by Crippen LogP contribution is -2.38. The number of amides is 1. The molecule has 18 heavy (non-hydrogen) atoms. The summed E-state index contributed by atoms with van der Waals surface area (Å²) in [5, 5.41) is 0.683. The van der Waals surface area contributed by atoms with Crippen LogP contribution >= 0.6 is 23.8 Å². The second-order valence-electron chi connectivity index (χ2n) is 4.18.